The highest BCUT2D eigenvalue weighted by Crippen LogP contribution is 2.37. The summed E-state index contributed by atoms with van der Waals surface area (Å²) in [4.78, 5) is 49.5. The zero-order chi connectivity index (χ0) is 22.4. The van der Waals surface area contributed by atoms with Crippen molar-refractivity contribution in [3.63, 3.8) is 0 Å². The van der Waals surface area contributed by atoms with Gasteiger partial charge in [0.1, 0.15) is 11.3 Å². The lowest BCUT2D eigenvalue weighted by Gasteiger charge is -2.19. The molecule has 0 fully saturated rings. The van der Waals surface area contributed by atoms with Crippen LogP contribution in [0.25, 0.3) is 0 Å². The van der Waals surface area contributed by atoms with Gasteiger partial charge in [0.25, 0.3) is 11.5 Å². The lowest BCUT2D eigenvalue weighted by Crippen LogP contribution is -2.24. The highest BCUT2D eigenvalue weighted by molar-refractivity contribution is 5.92. The monoisotopic (exact) mass is 419 g/mol. The first-order valence-corrected chi connectivity index (χ1v) is 8.59. The molecule has 0 saturated carbocycles. The van der Waals surface area contributed by atoms with Gasteiger partial charge >= 0.3 is 5.97 Å². The Morgan fingerprint density at radius 2 is 1.83 bits per heavy atom. The van der Waals surface area contributed by atoms with E-state index in [0.29, 0.717) is 5.56 Å². The largest absolute Gasteiger partial charge is 0.506 e. The number of aromatic hydroxyl groups is 1. The van der Waals surface area contributed by atoms with Gasteiger partial charge in [-0.3, -0.25) is 14.4 Å². The van der Waals surface area contributed by atoms with Gasteiger partial charge in [-0.1, -0.05) is 6.07 Å². The standard InChI is InChI=1S/C19H21N3O8/c1-28-12-4-3-9(5-13(12)30-8-15(21)24)10(6-14(20)23)16-17(25)11(19(27)29-2)7-22-18(16)26/h3-5,7,10H,6,8H2,1-2H3,(H2,20,23)(H2,21,24)(H2,22,25,26)/t10-/m1/s1. The Balaban J connectivity index is 2.66. The van der Waals surface area contributed by atoms with E-state index >= 15 is 0 Å². The molecule has 11 nitrogen and oxygen atoms in total. The number of rotatable bonds is 9. The fourth-order valence-electron chi connectivity index (χ4n) is 2.88. The van der Waals surface area contributed by atoms with Gasteiger partial charge in [-0.15, -0.1) is 0 Å². The molecule has 30 heavy (non-hydrogen) atoms. The predicted molar refractivity (Wildman–Crippen MR) is 103 cm³/mol. The molecule has 160 valence electrons. The average Bonchev–Trinajstić information content (AvgIpc) is 2.70. The van der Waals surface area contributed by atoms with Crippen LogP contribution < -0.4 is 26.5 Å². The second-order valence-electron chi connectivity index (χ2n) is 6.17. The first-order chi connectivity index (χ1) is 14.2. The molecule has 1 aromatic heterocycles. The quantitative estimate of drug-likeness (QED) is 0.401. The van der Waals surface area contributed by atoms with Crippen LogP contribution in [-0.4, -0.2) is 48.7 Å². The van der Waals surface area contributed by atoms with Crippen molar-refractivity contribution < 1.29 is 33.7 Å². The van der Waals surface area contributed by atoms with Gasteiger partial charge < -0.3 is 35.8 Å². The van der Waals surface area contributed by atoms with Gasteiger partial charge in [-0.25, -0.2) is 4.79 Å². The van der Waals surface area contributed by atoms with E-state index in [9.17, 15) is 24.3 Å². The summed E-state index contributed by atoms with van der Waals surface area (Å²) in [6, 6.07) is 4.42. The summed E-state index contributed by atoms with van der Waals surface area (Å²) in [6.45, 7) is -0.441. The first-order valence-electron chi connectivity index (χ1n) is 8.59. The SMILES string of the molecule is COC(=O)c1c[nH]c(=O)c([C@H](CC(N)=O)c2ccc(OC)c(OCC(N)=O)c2)c1O. The number of aromatic nitrogens is 1. The number of methoxy groups -OCH3 is 2. The number of nitrogens with one attached hydrogen (secondary N) is 1. The molecule has 0 aliphatic rings. The van der Waals surface area contributed by atoms with Crippen molar-refractivity contribution in [3.05, 3.63) is 51.4 Å². The third-order valence-electron chi connectivity index (χ3n) is 4.22. The maximum atomic E-state index is 12.5. The lowest BCUT2D eigenvalue weighted by molar-refractivity contribution is -0.120. The second-order valence-corrected chi connectivity index (χ2v) is 6.17. The molecule has 1 aromatic carbocycles. The van der Waals surface area contributed by atoms with Crippen LogP contribution in [0.2, 0.25) is 0 Å². The molecule has 0 spiro atoms. The lowest BCUT2D eigenvalue weighted by atomic mass is 9.87. The molecule has 2 aromatic rings. The van der Waals surface area contributed by atoms with E-state index in [1.807, 2.05) is 0 Å². The van der Waals surface area contributed by atoms with E-state index in [-0.39, 0.29) is 29.0 Å². The molecule has 0 aliphatic heterocycles. The zero-order valence-electron chi connectivity index (χ0n) is 16.3. The van der Waals surface area contributed by atoms with E-state index in [4.69, 9.17) is 20.9 Å². The van der Waals surface area contributed by atoms with Crippen molar-refractivity contribution in [2.24, 2.45) is 11.5 Å². The Kier molecular flexibility index (Phi) is 7.02. The molecule has 0 bridgehead atoms. The van der Waals surface area contributed by atoms with Crippen LogP contribution in [0.5, 0.6) is 17.2 Å². The molecular weight excluding hydrogens is 398 g/mol. The number of H-pyrrole nitrogens is 1. The summed E-state index contributed by atoms with van der Waals surface area (Å²) in [5.41, 5.74) is 9.48. The van der Waals surface area contributed by atoms with E-state index < -0.39 is 41.6 Å². The summed E-state index contributed by atoms with van der Waals surface area (Å²) in [5.74, 6) is -3.69. The minimum Gasteiger partial charge on any atom is -0.506 e. The number of hydrogen-bond acceptors (Lipinski definition) is 8. The Labute approximate surface area is 170 Å². The molecule has 2 amide bonds. The van der Waals surface area contributed by atoms with Gasteiger partial charge in [-0.05, 0) is 17.7 Å². The molecule has 2 rings (SSSR count). The highest BCUT2D eigenvalue weighted by atomic mass is 16.5. The third kappa shape index (κ3) is 4.87. The number of amides is 2. The minimum absolute atomic E-state index is 0.114. The first kappa shape index (κ1) is 22.3. The molecule has 1 atom stereocenters. The average molecular weight is 419 g/mol. The van der Waals surface area contributed by atoms with Crippen molar-refractivity contribution in [1.82, 2.24) is 4.98 Å². The van der Waals surface area contributed by atoms with Gasteiger partial charge in [0.2, 0.25) is 5.91 Å². The molecule has 0 unspecified atom stereocenters. The van der Waals surface area contributed by atoms with E-state index in [1.54, 1.807) is 0 Å². The number of nitrogens with two attached hydrogens (primary N) is 2. The number of hydrogen-bond donors (Lipinski definition) is 4. The van der Waals surface area contributed by atoms with Crippen LogP contribution in [0.15, 0.2) is 29.2 Å². The molecule has 0 aliphatic carbocycles. The van der Waals surface area contributed by atoms with Crippen molar-refractivity contribution in [3.8, 4) is 17.2 Å². The van der Waals surface area contributed by atoms with Crippen molar-refractivity contribution >= 4 is 17.8 Å². The summed E-state index contributed by atoms with van der Waals surface area (Å²) in [6.07, 6.45) is 0.632. The van der Waals surface area contributed by atoms with Gasteiger partial charge in [0.15, 0.2) is 18.1 Å². The Hall–Kier alpha value is -4.02. The Morgan fingerprint density at radius 1 is 1.13 bits per heavy atom. The number of esters is 1. The highest BCUT2D eigenvalue weighted by Gasteiger charge is 2.28. The molecule has 11 heteroatoms. The van der Waals surface area contributed by atoms with Crippen LogP contribution in [0, 0.1) is 0 Å². The number of carbonyl (C=O) groups is 3. The number of primary amides is 2. The summed E-state index contributed by atoms with van der Waals surface area (Å²) >= 11 is 0. The zero-order valence-corrected chi connectivity index (χ0v) is 16.3. The van der Waals surface area contributed by atoms with Crippen molar-refractivity contribution in [2.75, 3.05) is 20.8 Å². The van der Waals surface area contributed by atoms with Gasteiger partial charge in [-0.2, -0.15) is 0 Å². The van der Waals surface area contributed by atoms with Crippen LogP contribution in [0.1, 0.15) is 33.8 Å². The van der Waals surface area contributed by atoms with Crippen LogP contribution >= 0.6 is 0 Å². The van der Waals surface area contributed by atoms with Crippen LogP contribution in [0.4, 0.5) is 0 Å². The van der Waals surface area contributed by atoms with Crippen molar-refractivity contribution in [2.45, 2.75) is 12.3 Å². The fourth-order valence-corrected chi connectivity index (χ4v) is 2.88. The predicted octanol–water partition coefficient (Wildman–Crippen LogP) is -0.253. The summed E-state index contributed by atoms with van der Waals surface area (Å²) in [7, 11) is 2.49. The minimum atomic E-state index is -1.04. The molecule has 1 heterocycles. The van der Waals surface area contributed by atoms with Gasteiger partial charge in [0.05, 0.1) is 19.8 Å². The number of benzene rings is 1. The van der Waals surface area contributed by atoms with E-state index in [0.717, 1.165) is 13.3 Å². The number of aromatic amines is 1. The molecule has 0 saturated heterocycles. The summed E-state index contributed by atoms with van der Waals surface area (Å²) in [5, 5.41) is 10.6. The molecule has 6 N–H and O–H groups in total. The molecule has 0 radical (unpaired) electrons. The maximum Gasteiger partial charge on any atom is 0.343 e. The topological polar surface area (TPSA) is 184 Å². The Morgan fingerprint density at radius 3 is 2.40 bits per heavy atom. The van der Waals surface area contributed by atoms with E-state index in [1.165, 1.54) is 25.3 Å². The van der Waals surface area contributed by atoms with Crippen LogP contribution in [0.3, 0.4) is 0 Å². The fraction of sp³-hybridized carbons (Fsp3) is 0.263. The van der Waals surface area contributed by atoms with E-state index in [2.05, 4.69) is 9.72 Å². The summed E-state index contributed by atoms with van der Waals surface area (Å²) < 4.78 is 15.1. The maximum absolute atomic E-state index is 12.5. The smallest absolute Gasteiger partial charge is 0.343 e. The Bertz CT molecular complexity index is 1030. The van der Waals surface area contributed by atoms with Crippen LogP contribution in [-0.2, 0) is 14.3 Å². The second kappa shape index (κ2) is 9.45. The normalized spacial score (nSPS) is 11.4. The number of pyridine rings is 1. The number of ether oxygens (including phenoxy) is 3. The molecular formula is C19H21N3O8. The number of carbonyl (C=O) groups excluding carboxylic acids is 3. The van der Waals surface area contributed by atoms with Gasteiger partial charge in [0, 0.05) is 18.5 Å². The third-order valence-corrected chi connectivity index (χ3v) is 4.22. The van der Waals surface area contributed by atoms with Crippen molar-refractivity contribution in [1.29, 1.82) is 0 Å².